The Hall–Kier alpha value is -0.470. The lowest BCUT2D eigenvalue weighted by molar-refractivity contribution is 1.46. The van der Waals surface area contributed by atoms with Crippen molar-refractivity contribution in [3.05, 3.63) is 29.1 Å². The summed E-state index contributed by atoms with van der Waals surface area (Å²) in [6.07, 6.45) is 0. The van der Waals surface area contributed by atoms with Gasteiger partial charge in [-0.05, 0) is 41.1 Å². The van der Waals surface area contributed by atoms with Gasteiger partial charge in [0.05, 0.1) is 0 Å². The molecule has 2 heteroatoms. The third-order valence-electron chi connectivity index (χ3n) is 2.05. The quantitative estimate of drug-likeness (QED) is 0.662. The number of fused-ring (bicyclic) bond motifs is 1. The molecule has 0 atom stereocenters. The molecule has 0 bridgehead atoms. The van der Waals surface area contributed by atoms with E-state index in [1.54, 1.807) is 0 Å². The fourth-order valence-electron chi connectivity index (χ4n) is 1.40. The van der Waals surface area contributed by atoms with Crippen molar-refractivity contribution in [2.75, 3.05) is 5.75 Å². The van der Waals surface area contributed by atoms with Gasteiger partial charge in [-0.3, -0.25) is 0 Å². The average molecular weight is 208 g/mol. The number of hydrogen-bond acceptors (Lipinski definition) is 2. The highest BCUT2D eigenvalue weighted by Crippen LogP contribution is 2.29. The SMILES string of the molecule is CCSc1ccc2c(C)csc2c1. The first-order valence-electron chi connectivity index (χ1n) is 4.42. The summed E-state index contributed by atoms with van der Waals surface area (Å²) in [7, 11) is 0. The highest BCUT2D eigenvalue weighted by molar-refractivity contribution is 7.99. The van der Waals surface area contributed by atoms with E-state index in [0.29, 0.717) is 0 Å². The summed E-state index contributed by atoms with van der Waals surface area (Å²) >= 11 is 3.75. The van der Waals surface area contributed by atoms with Crippen LogP contribution in [0.25, 0.3) is 10.1 Å². The van der Waals surface area contributed by atoms with Gasteiger partial charge in [0.15, 0.2) is 0 Å². The third-order valence-corrected chi connectivity index (χ3v) is 3.99. The van der Waals surface area contributed by atoms with Crippen molar-refractivity contribution in [2.45, 2.75) is 18.7 Å². The molecule has 0 aliphatic heterocycles. The standard InChI is InChI=1S/C11H12S2/c1-3-12-9-4-5-10-8(2)7-13-11(10)6-9/h4-7H,3H2,1-2H3. The third kappa shape index (κ3) is 1.74. The van der Waals surface area contributed by atoms with Gasteiger partial charge < -0.3 is 0 Å². The van der Waals surface area contributed by atoms with E-state index in [2.05, 4.69) is 37.4 Å². The van der Waals surface area contributed by atoms with Crippen LogP contribution in [0.1, 0.15) is 12.5 Å². The Balaban J connectivity index is 2.50. The van der Waals surface area contributed by atoms with E-state index in [1.807, 2.05) is 23.1 Å². The monoisotopic (exact) mass is 208 g/mol. The minimum atomic E-state index is 1.15. The maximum absolute atomic E-state index is 2.29. The van der Waals surface area contributed by atoms with E-state index in [1.165, 1.54) is 20.5 Å². The molecular formula is C11H12S2. The Kier molecular flexibility index (Phi) is 2.61. The Bertz CT molecular complexity index is 415. The van der Waals surface area contributed by atoms with Gasteiger partial charge in [0.1, 0.15) is 0 Å². The molecule has 13 heavy (non-hydrogen) atoms. The molecule has 0 saturated carbocycles. The van der Waals surface area contributed by atoms with Crippen LogP contribution in [0.15, 0.2) is 28.5 Å². The van der Waals surface area contributed by atoms with Gasteiger partial charge in [0.25, 0.3) is 0 Å². The molecule has 0 fully saturated rings. The molecule has 0 unspecified atom stereocenters. The fourth-order valence-corrected chi connectivity index (χ4v) is 3.15. The first-order valence-corrected chi connectivity index (χ1v) is 6.28. The molecule has 0 aliphatic carbocycles. The van der Waals surface area contributed by atoms with E-state index in [4.69, 9.17) is 0 Å². The van der Waals surface area contributed by atoms with Crippen molar-refractivity contribution in [1.82, 2.24) is 0 Å². The Morgan fingerprint density at radius 3 is 3.00 bits per heavy atom. The van der Waals surface area contributed by atoms with E-state index < -0.39 is 0 Å². The summed E-state index contributed by atoms with van der Waals surface area (Å²) in [5.41, 5.74) is 1.40. The van der Waals surface area contributed by atoms with E-state index in [-0.39, 0.29) is 0 Å². The fraction of sp³-hybridized carbons (Fsp3) is 0.273. The predicted molar refractivity (Wildman–Crippen MR) is 63.0 cm³/mol. The molecule has 1 aromatic carbocycles. The van der Waals surface area contributed by atoms with Crippen molar-refractivity contribution >= 4 is 33.2 Å². The molecule has 2 rings (SSSR count). The molecule has 0 N–H and O–H groups in total. The van der Waals surface area contributed by atoms with Gasteiger partial charge in [-0.1, -0.05) is 13.0 Å². The lowest BCUT2D eigenvalue weighted by Crippen LogP contribution is -1.72. The number of rotatable bonds is 2. The molecular weight excluding hydrogens is 196 g/mol. The van der Waals surface area contributed by atoms with Gasteiger partial charge >= 0.3 is 0 Å². The second kappa shape index (κ2) is 3.72. The summed E-state index contributed by atoms with van der Waals surface area (Å²) in [5.74, 6) is 1.15. The van der Waals surface area contributed by atoms with Gasteiger partial charge in [0.2, 0.25) is 0 Å². The van der Waals surface area contributed by atoms with Crippen LogP contribution in [0.3, 0.4) is 0 Å². The molecule has 2 aromatic rings. The maximum Gasteiger partial charge on any atom is 0.0356 e. The normalized spacial score (nSPS) is 10.9. The van der Waals surface area contributed by atoms with Crippen LogP contribution >= 0.6 is 23.1 Å². The largest absolute Gasteiger partial charge is 0.143 e. The van der Waals surface area contributed by atoms with Gasteiger partial charge in [-0.2, -0.15) is 0 Å². The molecule has 0 saturated heterocycles. The van der Waals surface area contributed by atoms with Crippen molar-refractivity contribution in [3.8, 4) is 0 Å². The molecule has 0 spiro atoms. The van der Waals surface area contributed by atoms with Crippen molar-refractivity contribution < 1.29 is 0 Å². The molecule has 0 radical (unpaired) electrons. The summed E-state index contributed by atoms with van der Waals surface area (Å²) in [4.78, 5) is 1.39. The van der Waals surface area contributed by atoms with Crippen LogP contribution in [0.2, 0.25) is 0 Å². The maximum atomic E-state index is 2.29. The minimum Gasteiger partial charge on any atom is -0.143 e. The summed E-state index contributed by atoms with van der Waals surface area (Å²) in [6.45, 7) is 4.36. The summed E-state index contributed by atoms with van der Waals surface area (Å²) in [6, 6.07) is 6.75. The Morgan fingerprint density at radius 1 is 1.38 bits per heavy atom. The van der Waals surface area contributed by atoms with Crippen LogP contribution < -0.4 is 0 Å². The first-order chi connectivity index (χ1) is 6.31. The van der Waals surface area contributed by atoms with E-state index in [9.17, 15) is 0 Å². The van der Waals surface area contributed by atoms with E-state index >= 15 is 0 Å². The van der Waals surface area contributed by atoms with Crippen LogP contribution in [0.5, 0.6) is 0 Å². The smallest absolute Gasteiger partial charge is 0.0356 e. The minimum absolute atomic E-state index is 1.15. The second-order valence-corrected chi connectivity index (χ2v) is 5.26. The van der Waals surface area contributed by atoms with Crippen molar-refractivity contribution in [3.63, 3.8) is 0 Å². The van der Waals surface area contributed by atoms with Crippen LogP contribution in [0, 0.1) is 6.92 Å². The Labute approximate surface area is 87.0 Å². The molecule has 0 nitrogen and oxygen atoms in total. The average Bonchev–Trinajstić information content (AvgIpc) is 2.48. The topological polar surface area (TPSA) is 0 Å². The zero-order valence-electron chi connectivity index (χ0n) is 7.83. The molecule has 0 amide bonds. The van der Waals surface area contributed by atoms with Crippen LogP contribution in [0.4, 0.5) is 0 Å². The number of benzene rings is 1. The Morgan fingerprint density at radius 2 is 2.23 bits per heavy atom. The van der Waals surface area contributed by atoms with Crippen molar-refractivity contribution in [2.24, 2.45) is 0 Å². The lowest BCUT2D eigenvalue weighted by Gasteiger charge is -1.98. The van der Waals surface area contributed by atoms with Gasteiger partial charge in [0, 0.05) is 9.60 Å². The summed E-state index contributed by atoms with van der Waals surface area (Å²) in [5, 5.41) is 3.64. The lowest BCUT2D eigenvalue weighted by atomic mass is 10.2. The van der Waals surface area contributed by atoms with Crippen LogP contribution in [-0.2, 0) is 0 Å². The molecule has 68 valence electrons. The van der Waals surface area contributed by atoms with Crippen LogP contribution in [-0.4, -0.2) is 5.75 Å². The molecule has 1 aromatic heterocycles. The number of hydrogen-bond donors (Lipinski definition) is 0. The highest BCUT2D eigenvalue weighted by atomic mass is 32.2. The molecule has 1 heterocycles. The van der Waals surface area contributed by atoms with Gasteiger partial charge in [-0.25, -0.2) is 0 Å². The zero-order valence-corrected chi connectivity index (χ0v) is 9.47. The van der Waals surface area contributed by atoms with E-state index in [0.717, 1.165) is 5.75 Å². The highest BCUT2D eigenvalue weighted by Gasteiger charge is 2.00. The first kappa shape index (κ1) is 9.10. The molecule has 0 aliphatic rings. The second-order valence-electron chi connectivity index (χ2n) is 3.01. The number of thioether (sulfide) groups is 1. The van der Waals surface area contributed by atoms with Crippen molar-refractivity contribution in [1.29, 1.82) is 0 Å². The number of aryl methyl sites for hydroxylation is 1. The van der Waals surface area contributed by atoms with Gasteiger partial charge in [-0.15, -0.1) is 23.1 Å². The summed E-state index contributed by atoms with van der Waals surface area (Å²) < 4.78 is 1.41. The number of thiophene rings is 1. The zero-order chi connectivity index (χ0) is 9.26. The predicted octanol–water partition coefficient (Wildman–Crippen LogP) is 4.32.